The smallest absolute Gasteiger partial charge is 0.0583 e. The Morgan fingerprint density at radius 1 is 0.636 bits per heavy atom. The second-order valence-electron chi connectivity index (χ2n) is 13.1. The topological polar surface area (TPSA) is 8.17 Å². The van der Waals surface area contributed by atoms with Crippen LogP contribution in [0.4, 0.5) is 5.69 Å². The molecule has 4 aromatic carbocycles. The summed E-state index contributed by atoms with van der Waals surface area (Å²) in [5.41, 5.74) is 10.9. The second kappa shape index (κ2) is 10.6. The molecule has 4 aliphatic rings. The van der Waals surface area contributed by atoms with Crippen LogP contribution in [-0.2, 0) is 0 Å². The summed E-state index contributed by atoms with van der Waals surface area (Å²) in [7, 11) is 0. The van der Waals surface area contributed by atoms with Crippen molar-refractivity contribution in [2.24, 2.45) is 5.92 Å². The summed E-state index contributed by atoms with van der Waals surface area (Å²) in [5, 5.41) is 2.61. The lowest BCUT2D eigenvalue weighted by Gasteiger charge is -2.41. The number of hydrogen-bond donors (Lipinski definition) is 0. The largest absolute Gasteiger partial charge is 0.361 e. The van der Waals surface area contributed by atoms with E-state index < -0.39 is 0 Å². The highest BCUT2D eigenvalue weighted by molar-refractivity contribution is 6.10. The first-order valence-corrected chi connectivity index (χ1v) is 16.6. The Labute approximate surface area is 260 Å². The molecule has 0 spiro atoms. The SMILES string of the molecule is C1=CCCC(C2CCC(N3c4cc(-c5ccc6c(c5)c5ccccc5n6-c5ccccc5)ccc4C4C=CC=CC43)CC2)=C1. The van der Waals surface area contributed by atoms with Crippen molar-refractivity contribution in [3.8, 4) is 16.8 Å². The molecule has 0 radical (unpaired) electrons. The Kier molecular flexibility index (Phi) is 6.21. The summed E-state index contributed by atoms with van der Waals surface area (Å²) in [6.45, 7) is 0. The van der Waals surface area contributed by atoms with Gasteiger partial charge in [0.25, 0.3) is 0 Å². The normalized spacial score (nSPS) is 24.1. The molecule has 0 bridgehead atoms. The molecule has 216 valence electrons. The van der Waals surface area contributed by atoms with Gasteiger partial charge >= 0.3 is 0 Å². The average Bonchev–Trinajstić information content (AvgIpc) is 3.61. The molecular formula is C42H38N2. The summed E-state index contributed by atoms with van der Waals surface area (Å²) < 4.78 is 2.40. The third-order valence-electron chi connectivity index (χ3n) is 10.8. The van der Waals surface area contributed by atoms with Crippen molar-refractivity contribution in [1.82, 2.24) is 4.57 Å². The van der Waals surface area contributed by atoms with E-state index in [2.05, 4.69) is 143 Å². The van der Waals surface area contributed by atoms with E-state index in [0.717, 1.165) is 5.92 Å². The number of rotatable bonds is 4. The van der Waals surface area contributed by atoms with Crippen LogP contribution in [0.5, 0.6) is 0 Å². The van der Waals surface area contributed by atoms with Crippen LogP contribution in [0.25, 0.3) is 38.6 Å². The molecule has 5 aromatic rings. The van der Waals surface area contributed by atoms with Crippen LogP contribution >= 0.6 is 0 Å². The van der Waals surface area contributed by atoms with Crippen molar-refractivity contribution >= 4 is 27.5 Å². The summed E-state index contributed by atoms with van der Waals surface area (Å²) in [4.78, 5) is 2.81. The van der Waals surface area contributed by atoms with E-state index in [1.807, 2.05) is 0 Å². The molecule has 3 aliphatic carbocycles. The lowest BCUT2D eigenvalue weighted by atomic mass is 9.78. The standard InChI is InChI=1S/C42H38N2/c1-3-11-29(12-4-1)30-19-23-34(24-20-30)44-39-17-9-7-15-35(39)37-25-21-32(28-42(37)44)31-22-26-41-38(27-31)36-16-8-10-18-40(36)43(41)33-13-5-2-6-14-33/h1-3,5-11,13-18,21-22,25-28,30,34-35,39H,4,12,19-20,23-24H2. The Morgan fingerprint density at radius 2 is 1.41 bits per heavy atom. The predicted molar refractivity (Wildman–Crippen MR) is 186 cm³/mol. The molecule has 1 saturated carbocycles. The minimum Gasteiger partial charge on any atom is -0.361 e. The van der Waals surface area contributed by atoms with Gasteiger partial charge in [-0.05, 0) is 97.5 Å². The molecule has 1 aliphatic heterocycles. The molecule has 0 amide bonds. The van der Waals surface area contributed by atoms with Crippen molar-refractivity contribution < 1.29 is 0 Å². The monoisotopic (exact) mass is 570 g/mol. The van der Waals surface area contributed by atoms with Gasteiger partial charge in [0.05, 0.1) is 17.1 Å². The van der Waals surface area contributed by atoms with E-state index in [1.54, 1.807) is 5.57 Å². The maximum atomic E-state index is 2.81. The highest BCUT2D eigenvalue weighted by Crippen LogP contribution is 2.49. The molecule has 2 heteroatoms. The minimum absolute atomic E-state index is 0.426. The summed E-state index contributed by atoms with van der Waals surface area (Å²) in [6, 6.07) is 35.0. The van der Waals surface area contributed by atoms with E-state index in [4.69, 9.17) is 0 Å². The van der Waals surface area contributed by atoms with Gasteiger partial charge in [0.1, 0.15) is 0 Å². The van der Waals surface area contributed by atoms with Gasteiger partial charge in [-0.25, -0.2) is 0 Å². The van der Waals surface area contributed by atoms with Crippen LogP contribution in [0, 0.1) is 5.92 Å². The third kappa shape index (κ3) is 4.15. The van der Waals surface area contributed by atoms with Gasteiger partial charge < -0.3 is 9.47 Å². The number of fused-ring (bicyclic) bond motifs is 6. The van der Waals surface area contributed by atoms with Crippen LogP contribution in [0.15, 0.2) is 139 Å². The van der Waals surface area contributed by atoms with Crippen LogP contribution < -0.4 is 4.90 Å². The predicted octanol–water partition coefficient (Wildman–Crippen LogP) is 10.7. The van der Waals surface area contributed by atoms with Gasteiger partial charge in [-0.2, -0.15) is 0 Å². The second-order valence-corrected chi connectivity index (χ2v) is 13.1. The van der Waals surface area contributed by atoms with Crippen molar-refractivity contribution in [1.29, 1.82) is 0 Å². The Morgan fingerprint density at radius 3 is 2.27 bits per heavy atom. The van der Waals surface area contributed by atoms with Crippen LogP contribution in [0.3, 0.4) is 0 Å². The fourth-order valence-corrected chi connectivity index (χ4v) is 8.67. The van der Waals surface area contributed by atoms with Crippen LogP contribution in [-0.4, -0.2) is 16.7 Å². The lowest BCUT2D eigenvalue weighted by molar-refractivity contribution is 0.336. The number of allylic oxidation sites excluding steroid dienone is 6. The molecule has 2 unspecified atom stereocenters. The fourth-order valence-electron chi connectivity index (χ4n) is 8.67. The van der Waals surface area contributed by atoms with Crippen molar-refractivity contribution in [2.75, 3.05) is 4.90 Å². The molecule has 0 N–H and O–H groups in total. The van der Waals surface area contributed by atoms with Crippen molar-refractivity contribution in [3.05, 3.63) is 145 Å². The highest BCUT2D eigenvalue weighted by Gasteiger charge is 2.41. The van der Waals surface area contributed by atoms with Gasteiger partial charge in [-0.15, -0.1) is 0 Å². The summed E-state index contributed by atoms with van der Waals surface area (Å²) >= 11 is 0. The maximum absolute atomic E-state index is 2.81. The third-order valence-corrected chi connectivity index (χ3v) is 10.8. The van der Waals surface area contributed by atoms with Crippen LogP contribution in [0.1, 0.15) is 50.0 Å². The molecule has 2 atom stereocenters. The quantitative estimate of drug-likeness (QED) is 0.209. The molecular weight excluding hydrogens is 532 g/mol. The van der Waals surface area contributed by atoms with Crippen molar-refractivity contribution in [3.63, 3.8) is 0 Å². The zero-order valence-corrected chi connectivity index (χ0v) is 25.1. The first-order chi connectivity index (χ1) is 21.8. The lowest BCUT2D eigenvalue weighted by Crippen LogP contribution is -2.43. The Balaban J connectivity index is 1.10. The molecule has 44 heavy (non-hydrogen) atoms. The first kappa shape index (κ1) is 25.9. The van der Waals surface area contributed by atoms with E-state index in [9.17, 15) is 0 Å². The first-order valence-electron chi connectivity index (χ1n) is 16.6. The van der Waals surface area contributed by atoms with Gasteiger partial charge in [0.2, 0.25) is 0 Å². The molecule has 9 rings (SSSR count). The van der Waals surface area contributed by atoms with Gasteiger partial charge in [-0.3, -0.25) is 0 Å². The Bertz CT molecular complexity index is 1990. The molecule has 0 saturated heterocycles. The fraction of sp³-hybridized carbons (Fsp3) is 0.238. The number of aromatic nitrogens is 1. The minimum atomic E-state index is 0.426. The molecule has 1 aromatic heterocycles. The molecule has 2 heterocycles. The number of para-hydroxylation sites is 2. The van der Waals surface area contributed by atoms with E-state index in [0.29, 0.717) is 18.0 Å². The number of anilines is 1. The maximum Gasteiger partial charge on any atom is 0.0583 e. The van der Waals surface area contributed by atoms with Crippen LogP contribution in [0.2, 0.25) is 0 Å². The zero-order valence-electron chi connectivity index (χ0n) is 25.1. The van der Waals surface area contributed by atoms with Gasteiger partial charge in [0, 0.05) is 34.1 Å². The van der Waals surface area contributed by atoms with Gasteiger partial charge in [-0.1, -0.05) is 103 Å². The Hall–Kier alpha value is -4.56. The highest BCUT2D eigenvalue weighted by atomic mass is 15.2. The molecule has 2 nitrogen and oxygen atoms in total. The average molecular weight is 571 g/mol. The van der Waals surface area contributed by atoms with E-state index >= 15 is 0 Å². The van der Waals surface area contributed by atoms with E-state index in [-0.39, 0.29) is 0 Å². The summed E-state index contributed by atoms with van der Waals surface area (Å²) in [5.74, 6) is 1.21. The molecule has 1 fully saturated rings. The number of benzene rings is 4. The summed E-state index contributed by atoms with van der Waals surface area (Å²) in [6.07, 6.45) is 24.1. The number of hydrogen-bond acceptors (Lipinski definition) is 1. The van der Waals surface area contributed by atoms with Gasteiger partial charge in [0.15, 0.2) is 0 Å². The van der Waals surface area contributed by atoms with Crippen molar-refractivity contribution in [2.45, 2.75) is 56.5 Å². The number of nitrogens with zero attached hydrogens (tertiary/aromatic N) is 2. The van der Waals surface area contributed by atoms with E-state index in [1.165, 1.54) is 88.4 Å². The zero-order chi connectivity index (χ0) is 29.0.